The summed E-state index contributed by atoms with van der Waals surface area (Å²) in [7, 11) is 0. The van der Waals surface area contributed by atoms with E-state index in [4.69, 9.17) is 4.42 Å². The molecular formula is C14H9N3O6S. The number of amides is 4. The molecule has 1 aromatic carbocycles. The lowest BCUT2D eigenvalue weighted by Crippen LogP contribution is -2.55. The Balaban J connectivity index is 1.89. The monoisotopic (exact) mass is 347 g/mol. The Morgan fingerprint density at radius 3 is 2.50 bits per heavy atom. The predicted octanol–water partition coefficient (Wildman–Crippen LogP) is 0.871. The van der Waals surface area contributed by atoms with Crippen LogP contribution in [0.4, 0.5) is 4.79 Å². The fourth-order valence-electron chi connectivity index (χ4n) is 1.97. The summed E-state index contributed by atoms with van der Waals surface area (Å²) in [4.78, 5) is 49.6. The van der Waals surface area contributed by atoms with Gasteiger partial charge in [0.1, 0.15) is 11.4 Å². The van der Waals surface area contributed by atoms with Crippen molar-refractivity contribution in [2.24, 2.45) is 5.92 Å². The Morgan fingerprint density at radius 2 is 1.88 bits per heavy atom. The van der Waals surface area contributed by atoms with Gasteiger partial charge in [0.05, 0.1) is 4.91 Å². The zero-order valence-electron chi connectivity index (χ0n) is 11.8. The number of oxazole rings is 1. The molecule has 0 unspecified atom stereocenters. The number of hydrogen-bond acceptors (Lipinski definition) is 7. The number of rotatable bonds is 4. The van der Waals surface area contributed by atoms with Crippen LogP contribution in [0.5, 0.6) is 0 Å². The van der Waals surface area contributed by atoms with Gasteiger partial charge in [0.25, 0.3) is 5.22 Å². The van der Waals surface area contributed by atoms with E-state index in [1.807, 2.05) is 10.6 Å². The fraction of sp³-hybridized carbons (Fsp3) is 0.0714. The van der Waals surface area contributed by atoms with E-state index in [1.54, 1.807) is 24.3 Å². The largest absolute Gasteiger partial charge is 0.477 e. The fourth-order valence-corrected chi connectivity index (χ4v) is 2.73. The second-order valence-corrected chi connectivity index (χ2v) is 5.66. The number of nitrogens with zero attached hydrogens (tertiary/aromatic N) is 1. The Morgan fingerprint density at radius 1 is 1.21 bits per heavy atom. The molecule has 0 atom stereocenters. The number of nitrogens with one attached hydrogen (secondary N) is 2. The molecule has 2 aromatic rings. The second kappa shape index (κ2) is 6.16. The summed E-state index contributed by atoms with van der Waals surface area (Å²) in [5.41, 5.74) is 1.02. The summed E-state index contributed by atoms with van der Waals surface area (Å²) in [6, 6.07) is 5.91. The third-order valence-corrected chi connectivity index (χ3v) is 3.92. The molecule has 1 aliphatic rings. The van der Waals surface area contributed by atoms with Gasteiger partial charge in [-0.15, -0.1) is 0 Å². The first kappa shape index (κ1) is 15.7. The number of thioether (sulfide) groups is 1. The molecule has 0 spiro atoms. The summed E-state index contributed by atoms with van der Waals surface area (Å²) in [5, 5.41) is 13.1. The van der Waals surface area contributed by atoms with Crippen LogP contribution in [0, 0.1) is 5.92 Å². The molecule has 9 nitrogen and oxygen atoms in total. The van der Waals surface area contributed by atoms with E-state index in [0.29, 0.717) is 22.9 Å². The minimum absolute atomic E-state index is 0.0533. The first-order valence-electron chi connectivity index (χ1n) is 6.58. The number of benzene rings is 1. The average molecular weight is 347 g/mol. The smallest absolute Gasteiger partial charge is 0.342 e. The second-order valence-electron chi connectivity index (χ2n) is 4.67. The molecule has 3 rings (SSSR count). The number of hydrogen-bond donors (Lipinski definition) is 3. The first-order chi connectivity index (χ1) is 11.4. The van der Waals surface area contributed by atoms with Gasteiger partial charge in [-0.25, -0.2) is 14.6 Å². The molecule has 4 amide bonds. The average Bonchev–Trinajstić information content (AvgIpc) is 2.91. The van der Waals surface area contributed by atoms with Crippen molar-refractivity contribution in [2.45, 2.75) is 5.22 Å². The van der Waals surface area contributed by atoms with Gasteiger partial charge in [-0.1, -0.05) is 12.1 Å². The van der Waals surface area contributed by atoms with E-state index in [1.165, 1.54) is 0 Å². The van der Waals surface area contributed by atoms with Gasteiger partial charge in [0.2, 0.25) is 11.8 Å². The van der Waals surface area contributed by atoms with Gasteiger partial charge in [-0.3, -0.25) is 20.2 Å². The molecule has 0 saturated carbocycles. The zero-order valence-corrected chi connectivity index (χ0v) is 12.6. The number of aliphatic carboxylic acids is 1. The highest BCUT2D eigenvalue weighted by Gasteiger charge is 2.34. The van der Waals surface area contributed by atoms with Crippen LogP contribution in [0.15, 0.2) is 44.9 Å². The number of fused-ring (bicyclic) bond motifs is 1. The number of carboxylic acids is 1. The van der Waals surface area contributed by atoms with Gasteiger partial charge in [0.15, 0.2) is 5.58 Å². The molecule has 0 radical (unpaired) electrons. The highest BCUT2D eigenvalue weighted by molar-refractivity contribution is 8.03. The number of imide groups is 2. The summed E-state index contributed by atoms with van der Waals surface area (Å²) in [6.45, 7) is 0. The number of urea groups is 1. The maximum absolute atomic E-state index is 11.7. The van der Waals surface area contributed by atoms with Crippen molar-refractivity contribution in [3.63, 3.8) is 0 Å². The maximum Gasteiger partial charge on any atom is 0.342 e. The zero-order chi connectivity index (χ0) is 17.3. The van der Waals surface area contributed by atoms with Crippen molar-refractivity contribution in [1.82, 2.24) is 15.6 Å². The normalized spacial score (nSPS) is 16.2. The summed E-state index contributed by atoms with van der Waals surface area (Å²) in [5.74, 6) is -4.60. The van der Waals surface area contributed by atoms with Gasteiger partial charge in [-0.2, -0.15) is 0 Å². The van der Waals surface area contributed by atoms with Gasteiger partial charge in [-0.05, 0) is 30.0 Å². The molecule has 1 fully saturated rings. The SMILES string of the molecule is O=C1NC(=O)C(/C=C(/Sc2nc3ccccc3o2)C(=O)O)C(=O)N1. The van der Waals surface area contributed by atoms with Crippen LogP contribution in [0.2, 0.25) is 0 Å². The number of carbonyl (C=O) groups excluding carboxylic acids is 3. The Bertz CT molecular complexity index is 850. The van der Waals surface area contributed by atoms with Crippen molar-refractivity contribution in [1.29, 1.82) is 0 Å². The molecule has 3 N–H and O–H groups in total. The molecular weight excluding hydrogens is 338 g/mol. The van der Waals surface area contributed by atoms with Crippen molar-refractivity contribution in [3.8, 4) is 0 Å². The predicted molar refractivity (Wildman–Crippen MR) is 80.8 cm³/mol. The Hall–Kier alpha value is -3.14. The van der Waals surface area contributed by atoms with Crippen LogP contribution < -0.4 is 10.6 Å². The standard InChI is InChI=1S/C14H9N3O6S/c18-10-6(11(19)17-13(22)16-10)5-9(12(20)21)24-14-15-7-3-1-2-4-8(7)23-14/h1-6H,(H,20,21)(H2,16,17,18,19,22)/b9-5+. The van der Waals surface area contributed by atoms with E-state index in [0.717, 1.165) is 6.08 Å². The van der Waals surface area contributed by atoms with Crippen LogP contribution in [0.3, 0.4) is 0 Å². The molecule has 1 aliphatic heterocycles. The van der Waals surface area contributed by atoms with Crippen LogP contribution in [-0.4, -0.2) is 33.9 Å². The van der Waals surface area contributed by atoms with Gasteiger partial charge < -0.3 is 9.52 Å². The number of carbonyl (C=O) groups is 4. The Labute approximate surface area is 138 Å². The first-order valence-corrected chi connectivity index (χ1v) is 7.40. The summed E-state index contributed by atoms with van der Waals surface area (Å²) < 4.78 is 5.40. The number of barbiturate groups is 1. The molecule has 122 valence electrons. The van der Waals surface area contributed by atoms with Crippen LogP contribution in [0.25, 0.3) is 11.1 Å². The van der Waals surface area contributed by atoms with Crippen LogP contribution >= 0.6 is 11.8 Å². The van der Waals surface area contributed by atoms with Crippen molar-refractivity contribution >= 4 is 46.7 Å². The van der Waals surface area contributed by atoms with Gasteiger partial charge >= 0.3 is 12.0 Å². The van der Waals surface area contributed by atoms with E-state index in [9.17, 15) is 24.3 Å². The van der Waals surface area contributed by atoms with E-state index < -0.39 is 29.7 Å². The van der Waals surface area contributed by atoms with Crippen LogP contribution in [-0.2, 0) is 14.4 Å². The van der Waals surface area contributed by atoms with E-state index >= 15 is 0 Å². The minimum atomic E-state index is -1.44. The highest BCUT2D eigenvalue weighted by atomic mass is 32.2. The number of carboxylic acid groups (broad SMARTS) is 1. The molecule has 24 heavy (non-hydrogen) atoms. The van der Waals surface area contributed by atoms with E-state index in [-0.39, 0.29) is 10.1 Å². The quantitative estimate of drug-likeness (QED) is 0.421. The lowest BCUT2D eigenvalue weighted by atomic mass is 10.1. The molecule has 1 aromatic heterocycles. The minimum Gasteiger partial charge on any atom is -0.477 e. The highest BCUT2D eigenvalue weighted by Crippen LogP contribution is 2.30. The van der Waals surface area contributed by atoms with Gasteiger partial charge in [0, 0.05) is 0 Å². The lowest BCUT2D eigenvalue weighted by Gasteiger charge is -2.18. The third-order valence-electron chi connectivity index (χ3n) is 3.04. The molecule has 0 bridgehead atoms. The topological polar surface area (TPSA) is 139 Å². The van der Waals surface area contributed by atoms with Crippen LogP contribution in [0.1, 0.15) is 0 Å². The number of aromatic nitrogens is 1. The Kier molecular flexibility index (Phi) is 4.04. The third kappa shape index (κ3) is 3.13. The molecule has 10 heteroatoms. The van der Waals surface area contributed by atoms with Crippen molar-refractivity contribution in [2.75, 3.05) is 0 Å². The summed E-state index contributed by atoms with van der Waals surface area (Å²) >= 11 is 0.660. The molecule has 2 heterocycles. The van der Waals surface area contributed by atoms with Crippen molar-refractivity contribution < 1.29 is 28.7 Å². The summed E-state index contributed by atoms with van der Waals surface area (Å²) in [6.07, 6.45) is 0.943. The van der Waals surface area contributed by atoms with E-state index in [2.05, 4.69) is 4.98 Å². The lowest BCUT2D eigenvalue weighted by molar-refractivity contribution is -0.133. The number of para-hydroxylation sites is 2. The molecule has 1 saturated heterocycles. The maximum atomic E-state index is 11.7. The molecule has 0 aliphatic carbocycles. The van der Waals surface area contributed by atoms with Crippen molar-refractivity contribution in [3.05, 3.63) is 35.2 Å².